The summed E-state index contributed by atoms with van der Waals surface area (Å²) in [5.74, 6) is 0. The van der Waals surface area contributed by atoms with Crippen molar-refractivity contribution in [3.05, 3.63) is 16.1 Å². The van der Waals surface area contributed by atoms with Gasteiger partial charge in [0.1, 0.15) is 5.01 Å². The van der Waals surface area contributed by atoms with Crippen LogP contribution in [0.2, 0.25) is 0 Å². The molecule has 0 atom stereocenters. The van der Waals surface area contributed by atoms with E-state index in [1.54, 1.807) is 11.3 Å². The zero-order chi connectivity index (χ0) is 11.5. The molecular formula is C11H21N3S. The maximum atomic E-state index is 5.54. The van der Waals surface area contributed by atoms with Crippen LogP contribution in [0.15, 0.2) is 5.38 Å². The van der Waals surface area contributed by atoms with Gasteiger partial charge in [0.2, 0.25) is 0 Å². The van der Waals surface area contributed by atoms with Gasteiger partial charge < -0.3 is 5.73 Å². The second-order valence-electron chi connectivity index (χ2n) is 4.46. The highest BCUT2D eigenvalue weighted by Crippen LogP contribution is 2.19. The molecule has 0 aliphatic heterocycles. The SMILES string of the molecule is CCC(C)(C)N(C)Cc1csc(CN)n1. The van der Waals surface area contributed by atoms with E-state index in [1.165, 1.54) is 0 Å². The Labute approximate surface area is 96.3 Å². The summed E-state index contributed by atoms with van der Waals surface area (Å²) in [4.78, 5) is 6.80. The zero-order valence-electron chi connectivity index (χ0n) is 10.1. The van der Waals surface area contributed by atoms with Gasteiger partial charge in [-0.25, -0.2) is 4.98 Å². The smallest absolute Gasteiger partial charge is 0.106 e. The second kappa shape index (κ2) is 5.05. The lowest BCUT2D eigenvalue weighted by molar-refractivity contribution is 0.141. The van der Waals surface area contributed by atoms with Gasteiger partial charge in [0.05, 0.1) is 5.69 Å². The quantitative estimate of drug-likeness (QED) is 0.838. The number of nitrogens with two attached hydrogens (primary N) is 1. The van der Waals surface area contributed by atoms with Crippen LogP contribution < -0.4 is 5.73 Å². The van der Waals surface area contributed by atoms with Crippen molar-refractivity contribution >= 4 is 11.3 Å². The molecule has 1 rings (SSSR count). The Bertz CT molecular complexity index is 307. The van der Waals surface area contributed by atoms with Crippen LogP contribution in [0, 0.1) is 0 Å². The molecule has 0 bridgehead atoms. The molecule has 0 aliphatic rings. The van der Waals surface area contributed by atoms with Gasteiger partial charge in [-0.05, 0) is 27.3 Å². The van der Waals surface area contributed by atoms with Gasteiger partial charge in [0.25, 0.3) is 0 Å². The molecule has 0 amide bonds. The minimum atomic E-state index is 0.229. The van der Waals surface area contributed by atoms with Crippen molar-refractivity contribution in [2.75, 3.05) is 7.05 Å². The molecule has 0 fully saturated rings. The molecule has 0 aliphatic carbocycles. The van der Waals surface area contributed by atoms with E-state index in [0.717, 1.165) is 23.7 Å². The van der Waals surface area contributed by atoms with E-state index in [2.05, 4.69) is 43.1 Å². The Balaban J connectivity index is 2.61. The molecule has 0 saturated heterocycles. The first kappa shape index (κ1) is 12.6. The van der Waals surface area contributed by atoms with Gasteiger partial charge in [-0.2, -0.15) is 0 Å². The Kier molecular flexibility index (Phi) is 4.25. The van der Waals surface area contributed by atoms with Crippen molar-refractivity contribution < 1.29 is 0 Å². The average molecular weight is 227 g/mol. The summed E-state index contributed by atoms with van der Waals surface area (Å²) in [5, 5.41) is 3.12. The highest BCUT2D eigenvalue weighted by Gasteiger charge is 2.21. The topological polar surface area (TPSA) is 42.1 Å². The van der Waals surface area contributed by atoms with Gasteiger partial charge in [-0.15, -0.1) is 11.3 Å². The molecule has 0 saturated carbocycles. The molecule has 3 nitrogen and oxygen atoms in total. The van der Waals surface area contributed by atoms with E-state index >= 15 is 0 Å². The molecule has 0 spiro atoms. The van der Waals surface area contributed by atoms with Crippen LogP contribution in [-0.4, -0.2) is 22.5 Å². The van der Waals surface area contributed by atoms with Crippen molar-refractivity contribution in [1.29, 1.82) is 0 Å². The Morgan fingerprint density at radius 2 is 2.20 bits per heavy atom. The molecule has 1 heterocycles. The number of hydrogen-bond acceptors (Lipinski definition) is 4. The fourth-order valence-corrected chi connectivity index (χ4v) is 1.91. The summed E-state index contributed by atoms with van der Waals surface area (Å²) in [6, 6.07) is 0. The van der Waals surface area contributed by atoms with Gasteiger partial charge in [0, 0.05) is 24.0 Å². The summed E-state index contributed by atoms with van der Waals surface area (Å²) < 4.78 is 0. The van der Waals surface area contributed by atoms with Crippen LogP contribution >= 0.6 is 11.3 Å². The van der Waals surface area contributed by atoms with Gasteiger partial charge in [-0.3, -0.25) is 4.90 Å². The third kappa shape index (κ3) is 3.26. The molecular weight excluding hydrogens is 206 g/mol. The van der Waals surface area contributed by atoms with Crippen LogP contribution in [0.5, 0.6) is 0 Å². The van der Waals surface area contributed by atoms with Crippen molar-refractivity contribution in [2.45, 2.75) is 45.8 Å². The first-order valence-electron chi connectivity index (χ1n) is 5.34. The average Bonchev–Trinajstić information content (AvgIpc) is 2.65. The fourth-order valence-electron chi connectivity index (χ4n) is 1.24. The summed E-state index contributed by atoms with van der Waals surface area (Å²) in [6.45, 7) is 8.16. The van der Waals surface area contributed by atoms with Gasteiger partial charge in [0.15, 0.2) is 0 Å². The van der Waals surface area contributed by atoms with E-state index in [4.69, 9.17) is 5.73 Å². The lowest BCUT2D eigenvalue weighted by Gasteiger charge is -2.34. The molecule has 0 radical (unpaired) electrons. The fraction of sp³-hybridized carbons (Fsp3) is 0.727. The third-order valence-electron chi connectivity index (χ3n) is 3.07. The van der Waals surface area contributed by atoms with Gasteiger partial charge >= 0.3 is 0 Å². The number of hydrogen-bond donors (Lipinski definition) is 1. The van der Waals surface area contributed by atoms with Crippen LogP contribution in [0.3, 0.4) is 0 Å². The van der Waals surface area contributed by atoms with E-state index in [1.807, 2.05) is 0 Å². The summed E-state index contributed by atoms with van der Waals surface area (Å²) in [5.41, 5.74) is 6.90. The van der Waals surface area contributed by atoms with Crippen LogP contribution in [0.1, 0.15) is 37.9 Å². The maximum absolute atomic E-state index is 5.54. The second-order valence-corrected chi connectivity index (χ2v) is 5.40. The highest BCUT2D eigenvalue weighted by atomic mass is 32.1. The predicted molar refractivity (Wildman–Crippen MR) is 65.8 cm³/mol. The van der Waals surface area contributed by atoms with Crippen molar-refractivity contribution in [1.82, 2.24) is 9.88 Å². The first-order chi connectivity index (χ1) is 6.99. The minimum absolute atomic E-state index is 0.229. The Morgan fingerprint density at radius 1 is 1.53 bits per heavy atom. The summed E-state index contributed by atoms with van der Waals surface area (Å²) in [6.07, 6.45) is 1.14. The van der Waals surface area contributed by atoms with E-state index < -0.39 is 0 Å². The monoisotopic (exact) mass is 227 g/mol. The standard InChI is InChI=1S/C11H21N3S/c1-5-11(2,3)14(4)7-9-8-15-10(6-12)13-9/h8H,5-7,12H2,1-4H3. The Morgan fingerprint density at radius 3 is 2.67 bits per heavy atom. The number of aromatic nitrogens is 1. The lowest BCUT2D eigenvalue weighted by atomic mass is 10.00. The van der Waals surface area contributed by atoms with Crippen LogP contribution in [0.25, 0.3) is 0 Å². The summed E-state index contributed by atoms with van der Waals surface area (Å²) in [7, 11) is 2.14. The Hall–Kier alpha value is -0.450. The molecule has 2 N–H and O–H groups in total. The predicted octanol–water partition coefficient (Wildman–Crippen LogP) is 2.22. The molecule has 4 heteroatoms. The largest absolute Gasteiger partial charge is 0.325 e. The first-order valence-corrected chi connectivity index (χ1v) is 6.22. The van der Waals surface area contributed by atoms with E-state index in [0.29, 0.717) is 6.54 Å². The zero-order valence-corrected chi connectivity index (χ0v) is 10.9. The van der Waals surface area contributed by atoms with Crippen molar-refractivity contribution in [2.24, 2.45) is 5.73 Å². The molecule has 1 aromatic rings. The molecule has 1 aromatic heterocycles. The summed E-state index contributed by atoms with van der Waals surface area (Å²) >= 11 is 1.65. The number of nitrogens with zero attached hydrogens (tertiary/aromatic N) is 2. The molecule has 0 aromatic carbocycles. The van der Waals surface area contributed by atoms with Gasteiger partial charge in [-0.1, -0.05) is 6.92 Å². The molecule has 0 unspecified atom stereocenters. The highest BCUT2D eigenvalue weighted by molar-refractivity contribution is 7.09. The van der Waals surface area contributed by atoms with Crippen LogP contribution in [-0.2, 0) is 13.1 Å². The third-order valence-corrected chi connectivity index (χ3v) is 3.99. The van der Waals surface area contributed by atoms with Crippen molar-refractivity contribution in [3.8, 4) is 0 Å². The normalized spacial score (nSPS) is 12.4. The maximum Gasteiger partial charge on any atom is 0.106 e. The number of rotatable bonds is 5. The number of thiazole rings is 1. The van der Waals surface area contributed by atoms with Crippen LogP contribution in [0.4, 0.5) is 0 Å². The lowest BCUT2D eigenvalue weighted by Crippen LogP contribution is -2.39. The minimum Gasteiger partial charge on any atom is -0.325 e. The van der Waals surface area contributed by atoms with E-state index in [-0.39, 0.29) is 5.54 Å². The van der Waals surface area contributed by atoms with E-state index in [9.17, 15) is 0 Å². The molecule has 86 valence electrons. The molecule has 15 heavy (non-hydrogen) atoms. The van der Waals surface area contributed by atoms with Crippen molar-refractivity contribution in [3.63, 3.8) is 0 Å².